The quantitative estimate of drug-likeness (QED) is 0.787. The number of benzene rings is 1. The molecule has 0 saturated heterocycles. The van der Waals surface area contributed by atoms with E-state index in [1.165, 1.54) is 6.07 Å². The van der Waals surface area contributed by atoms with Crippen LogP contribution in [0.4, 0.5) is 17.6 Å². The van der Waals surface area contributed by atoms with E-state index >= 15 is 0 Å². The minimum atomic E-state index is -4.67. The van der Waals surface area contributed by atoms with Crippen LogP contribution in [-0.2, 0) is 6.18 Å². The third-order valence-corrected chi connectivity index (χ3v) is 2.67. The van der Waals surface area contributed by atoms with Crippen LogP contribution in [0, 0.1) is 11.7 Å². The van der Waals surface area contributed by atoms with Crippen LogP contribution in [0.2, 0.25) is 0 Å². The lowest BCUT2D eigenvalue weighted by atomic mass is 10.1. The van der Waals surface area contributed by atoms with Gasteiger partial charge in [-0.05, 0) is 37.1 Å². The van der Waals surface area contributed by atoms with E-state index in [1.54, 1.807) is 6.08 Å². The number of nitrogens with one attached hydrogen (secondary N) is 1. The summed E-state index contributed by atoms with van der Waals surface area (Å²) >= 11 is 0. The fourth-order valence-corrected chi connectivity index (χ4v) is 1.74. The van der Waals surface area contributed by atoms with Crippen molar-refractivity contribution in [3.05, 3.63) is 40.7 Å². The first-order valence-electron chi connectivity index (χ1n) is 6.44. The average molecular weight is 289 g/mol. The first-order chi connectivity index (χ1) is 9.20. The molecular weight excluding hydrogens is 270 g/mol. The van der Waals surface area contributed by atoms with Crippen molar-refractivity contribution in [1.29, 1.82) is 0 Å². The number of hydrogen-bond acceptors (Lipinski definition) is 1. The third-order valence-electron chi connectivity index (χ3n) is 2.67. The zero-order valence-corrected chi connectivity index (χ0v) is 11.8. The molecule has 0 atom stereocenters. The molecule has 1 rings (SSSR count). The molecule has 1 aromatic rings. The highest BCUT2D eigenvalue weighted by Gasteiger charge is 2.33. The molecule has 0 radical (unpaired) electrons. The zero-order chi connectivity index (χ0) is 15.3. The van der Waals surface area contributed by atoms with Crippen LogP contribution in [0.15, 0.2) is 23.8 Å². The van der Waals surface area contributed by atoms with E-state index in [2.05, 4.69) is 19.2 Å². The van der Waals surface area contributed by atoms with Crippen molar-refractivity contribution in [2.24, 2.45) is 5.92 Å². The zero-order valence-electron chi connectivity index (χ0n) is 11.8. The van der Waals surface area contributed by atoms with E-state index < -0.39 is 17.6 Å². The van der Waals surface area contributed by atoms with Crippen molar-refractivity contribution in [1.82, 2.24) is 5.32 Å². The van der Waals surface area contributed by atoms with Gasteiger partial charge in [0.05, 0.1) is 5.56 Å². The first-order valence-corrected chi connectivity index (χ1v) is 6.44. The Morgan fingerprint density at radius 1 is 1.30 bits per heavy atom. The van der Waals surface area contributed by atoms with Gasteiger partial charge < -0.3 is 5.32 Å². The van der Waals surface area contributed by atoms with E-state index in [0.29, 0.717) is 18.0 Å². The average Bonchev–Trinajstić information content (AvgIpc) is 2.29. The fraction of sp³-hybridized carbons (Fsp3) is 0.467. The third kappa shape index (κ3) is 5.33. The molecule has 1 aromatic carbocycles. The van der Waals surface area contributed by atoms with Gasteiger partial charge in [0.25, 0.3) is 0 Å². The minimum Gasteiger partial charge on any atom is -0.313 e. The number of halogens is 4. The predicted octanol–water partition coefficient (Wildman–Crippen LogP) is 4.49. The van der Waals surface area contributed by atoms with Gasteiger partial charge in [0.2, 0.25) is 0 Å². The lowest BCUT2D eigenvalue weighted by Gasteiger charge is -2.10. The molecule has 0 saturated carbocycles. The second kappa shape index (κ2) is 6.88. The van der Waals surface area contributed by atoms with Gasteiger partial charge in [-0.25, -0.2) is 4.39 Å². The maximum Gasteiger partial charge on any atom is 0.419 e. The van der Waals surface area contributed by atoms with Crippen LogP contribution >= 0.6 is 0 Å². The van der Waals surface area contributed by atoms with Crippen LogP contribution in [-0.4, -0.2) is 13.1 Å². The summed E-state index contributed by atoms with van der Waals surface area (Å²) in [6.07, 6.45) is -3.04. The number of hydrogen-bond donors (Lipinski definition) is 1. The molecule has 0 amide bonds. The smallest absolute Gasteiger partial charge is 0.313 e. The second-order valence-electron chi connectivity index (χ2n) is 5.25. The summed E-state index contributed by atoms with van der Waals surface area (Å²) in [5, 5.41) is 3.20. The fourth-order valence-electron chi connectivity index (χ4n) is 1.74. The molecule has 0 aliphatic carbocycles. The van der Waals surface area contributed by atoms with Gasteiger partial charge in [-0.15, -0.1) is 0 Å². The predicted molar refractivity (Wildman–Crippen MR) is 72.8 cm³/mol. The standard InChI is InChI=1S/C15H19F4N/c1-10(2)8-20-9-11(3)6-12-4-5-14(16)13(7-12)15(17,18)19/h4-7,10,20H,8-9H2,1-3H3/b11-6+. The summed E-state index contributed by atoms with van der Waals surface area (Å²) in [7, 11) is 0. The Kier molecular flexibility index (Phi) is 5.74. The highest BCUT2D eigenvalue weighted by atomic mass is 19.4. The van der Waals surface area contributed by atoms with Crippen LogP contribution in [0.3, 0.4) is 0 Å². The SMILES string of the molecule is C/C(=C\c1ccc(F)c(C(F)(F)F)c1)CNCC(C)C. The molecule has 20 heavy (non-hydrogen) atoms. The summed E-state index contributed by atoms with van der Waals surface area (Å²) in [4.78, 5) is 0. The molecule has 0 bridgehead atoms. The summed E-state index contributed by atoms with van der Waals surface area (Å²) < 4.78 is 50.9. The number of rotatable bonds is 5. The van der Waals surface area contributed by atoms with Crippen molar-refractivity contribution in [2.45, 2.75) is 26.9 Å². The van der Waals surface area contributed by atoms with Crippen molar-refractivity contribution >= 4 is 6.08 Å². The molecule has 0 heterocycles. The molecule has 1 N–H and O–H groups in total. The monoisotopic (exact) mass is 289 g/mol. The highest BCUT2D eigenvalue weighted by molar-refractivity contribution is 5.54. The van der Waals surface area contributed by atoms with E-state index in [4.69, 9.17) is 0 Å². The second-order valence-corrected chi connectivity index (χ2v) is 5.25. The maximum absolute atomic E-state index is 13.1. The Morgan fingerprint density at radius 2 is 1.95 bits per heavy atom. The van der Waals surface area contributed by atoms with E-state index in [9.17, 15) is 17.6 Å². The summed E-state index contributed by atoms with van der Waals surface area (Å²) in [6.45, 7) is 7.40. The van der Waals surface area contributed by atoms with Crippen LogP contribution in [0.1, 0.15) is 31.9 Å². The van der Waals surface area contributed by atoms with E-state index in [0.717, 1.165) is 24.3 Å². The Labute approximate surface area is 116 Å². The van der Waals surface area contributed by atoms with Gasteiger partial charge in [-0.2, -0.15) is 13.2 Å². The van der Waals surface area contributed by atoms with Gasteiger partial charge in [0, 0.05) is 6.54 Å². The molecule has 0 aliphatic heterocycles. The van der Waals surface area contributed by atoms with Crippen LogP contribution in [0.25, 0.3) is 6.08 Å². The van der Waals surface area contributed by atoms with Crippen LogP contribution < -0.4 is 5.32 Å². The van der Waals surface area contributed by atoms with Crippen LogP contribution in [0.5, 0.6) is 0 Å². The Bertz CT molecular complexity index is 475. The van der Waals surface area contributed by atoms with Gasteiger partial charge in [0.1, 0.15) is 5.82 Å². The molecule has 0 aliphatic rings. The normalized spacial score (nSPS) is 13.1. The van der Waals surface area contributed by atoms with Gasteiger partial charge >= 0.3 is 6.18 Å². The maximum atomic E-state index is 13.1. The number of alkyl halides is 3. The molecule has 0 unspecified atom stereocenters. The van der Waals surface area contributed by atoms with E-state index in [-0.39, 0.29) is 0 Å². The summed E-state index contributed by atoms with van der Waals surface area (Å²) in [5.74, 6) is -0.740. The largest absolute Gasteiger partial charge is 0.419 e. The Balaban J connectivity index is 2.82. The van der Waals surface area contributed by atoms with Gasteiger partial charge in [-0.1, -0.05) is 31.6 Å². The van der Waals surface area contributed by atoms with Gasteiger partial charge in [-0.3, -0.25) is 0 Å². The topological polar surface area (TPSA) is 12.0 Å². The lowest BCUT2D eigenvalue weighted by molar-refractivity contribution is -0.140. The minimum absolute atomic E-state index is 0.350. The van der Waals surface area contributed by atoms with Crippen molar-refractivity contribution < 1.29 is 17.6 Å². The van der Waals surface area contributed by atoms with Crippen molar-refractivity contribution in [3.8, 4) is 0 Å². The molecule has 5 heteroatoms. The molecule has 112 valence electrons. The molecule has 1 nitrogen and oxygen atoms in total. The lowest BCUT2D eigenvalue weighted by Crippen LogP contribution is -2.21. The Hall–Kier alpha value is -1.36. The highest BCUT2D eigenvalue weighted by Crippen LogP contribution is 2.32. The molecule has 0 fully saturated rings. The van der Waals surface area contributed by atoms with E-state index in [1.807, 2.05) is 6.92 Å². The van der Waals surface area contributed by atoms with Crippen molar-refractivity contribution in [3.63, 3.8) is 0 Å². The molecule has 0 aromatic heterocycles. The van der Waals surface area contributed by atoms with Gasteiger partial charge in [0.15, 0.2) is 0 Å². The summed E-state index contributed by atoms with van der Waals surface area (Å²) in [6, 6.07) is 3.03. The van der Waals surface area contributed by atoms with Crippen molar-refractivity contribution in [2.75, 3.05) is 13.1 Å². The Morgan fingerprint density at radius 3 is 2.50 bits per heavy atom. The summed E-state index contributed by atoms with van der Waals surface area (Å²) in [5.41, 5.74) is 0.0159. The first kappa shape index (κ1) is 16.7. The molecular formula is C15H19F4N. The molecule has 0 spiro atoms.